The number of aryl methyl sites for hydroxylation is 2. The number of aromatic nitrogens is 1. The van der Waals surface area contributed by atoms with Gasteiger partial charge in [-0.2, -0.15) is 4.72 Å². The van der Waals surface area contributed by atoms with Gasteiger partial charge >= 0.3 is 0 Å². The zero-order valence-corrected chi connectivity index (χ0v) is 15.3. The van der Waals surface area contributed by atoms with Gasteiger partial charge < -0.3 is 15.2 Å². The average molecular weight is 346 g/mol. The van der Waals surface area contributed by atoms with E-state index >= 15 is 0 Å². The van der Waals surface area contributed by atoms with Crippen LogP contribution in [0.5, 0.6) is 0 Å². The fraction of sp³-hybridized carbons (Fsp3) is 0.714. The summed E-state index contributed by atoms with van der Waals surface area (Å²) in [7, 11) is -2.26. The summed E-state index contributed by atoms with van der Waals surface area (Å²) in [6.07, 6.45) is 0. The molecule has 0 bridgehead atoms. The van der Waals surface area contributed by atoms with Crippen molar-refractivity contribution in [3.8, 4) is 0 Å². The van der Waals surface area contributed by atoms with Gasteiger partial charge in [-0.3, -0.25) is 4.79 Å². The predicted molar refractivity (Wildman–Crippen MR) is 86.2 cm³/mol. The molecule has 0 fully saturated rings. The fourth-order valence-electron chi connectivity index (χ4n) is 2.32. The topological polar surface area (TPSA) is 119 Å². The van der Waals surface area contributed by atoms with Gasteiger partial charge in [-0.1, -0.05) is 19.0 Å². The summed E-state index contributed by atoms with van der Waals surface area (Å²) in [4.78, 5) is 13.8. The molecule has 1 heterocycles. The van der Waals surface area contributed by atoms with Crippen molar-refractivity contribution in [2.24, 2.45) is 11.1 Å². The van der Waals surface area contributed by atoms with Crippen LogP contribution in [-0.4, -0.2) is 50.6 Å². The number of amides is 1. The third-order valence-corrected chi connectivity index (χ3v) is 5.32. The van der Waals surface area contributed by atoms with Crippen LogP contribution in [0, 0.1) is 19.3 Å². The van der Waals surface area contributed by atoms with Gasteiger partial charge in [0, 0.05) is 13.6 Å². The number of nitrogens with zero attached hydrogens (tertiary/aromatic N) is 2. The monoisotopic (exact) mass is 346 g/mol. The molecule has 0 aliphatic carbocycles. The quantitative estimate of drug-likeness (QED) is 0.738. The van der Waals surface area contributed by atoms with Crippen molar-refractivity contribution in [2.75, 3.05) is 20.1 Å². The lowest BCUT2D eigenvalue weighted by Gasteiger charge is -2.30. The van der Waals surface area contributed by atoms with Crippen molar-refractivity contribution in [1.82, 2.24) is 14.8 Å². The number of hydrogen-bond donors (Lipinski definition) is 2. The maximum atomic E-state index is 12.4. The molecule has 0 saturated heterocycles. The number of sulfonamides is 1. The number of rotatable bonds is 7. The van der Waals surface area contributed by atoms with E-state index in [4.69, 9.17) is 10.3 Å². The Hall–Kier alpha value is -1.45. The number of carbonyl (C=O) groups excluding carboxylic acids is 1. The van der Waals surface area contributed by atoms with E-state index in [9.17, 15) is 13.2 Å². The Morgan fingerprint density at radius 1 is 1.43 bits per heavy atom. The van der Waals surface area contributed by atoms with Gasteiger partial charge in [0.25, 0.3) is 0 Å². The van der Waals surface area contributed by atoms with Crippen LogP contribution in [0.2, 0.25) is 0 Å². The van der Waals surface area contributed by atoms with Gasteiger partial charge in [0.15, 0.2) is 5.76 Å². The predicted octanol–water partition coefficient (Wildman–Crippen LogP) is 0.402. The van der Waals surface area contributed by atoms with E-state index in [1.54, 1.807) is 7.05 Å². The minimum Gasteiger partial charge on any atom is -0.360 e. The van der Waals surface area contributed by atoms with Gasteiger partial charge in [-0.25, -0.2) is 8.42 Å². The Morgan fingerprint density at radius 3 is 2.43 bits per heavy atom. The molecule has 132 valence electrons. The molecule has 1 aromatic heterocycles. The Morgan fingerprint density at radius 2 is 2.00 bits per heavy atom. The van der Waals surface area contributed by atoms with E-state index < -0.39 is 16.1 Å². The molecule has 0 aromatic carbocycles. The first-order valence-electron chi connectivity index (χ1n) is 7.31. The van der Waals surface area contributed by atoms with Crippen LogP contribution in [0.15, 0.2) is 9.42 Å². The first kappa shape index (κ1) is 19.6. The molecule has 1 unspecified atom stereocenters. The first-order chi connectivity index (χ1) is 10.4. The Labute approximate surface area is 137 Å². The molecule has 1 atom stereocenters. The molecule has 0 radical (unpaired) electrons. The van der Waals surface area contributed by atoms with Crippen LogP contribution in [0.1, 0.15) is 32.2 Å². The average Bonchev–Trinajstić information content (AvgIpc) is 2.76. The SMILES string of the molecule is Cc1noc(C)c1S(=O)(=O)NC(C)C(=O)N(C)CC(C)(C)CN. The smallest absolute Gasteiger partial charge is 0.246 e. The van der Waals surface area contributed by atoms with Gasteiger partial charge in [-0.05, 0) is 32.7 Å². The summed E-state index contributed by atoms with van der Waals surface area (Å²) in [5, 5.41) is 3.63. The molecule has 1 rings (SSSR count). The number of hydrogen-bond acceptors (Lipinski definition) is 6. The van der Waals surface area contributed by atoms with Crippen molar-refractivity contribution in [3.63, 3.8) is 0 Å². The van der Waals surface area contributed by atoms with Crippen LogP contribution in [0.25, 0.3) is 0 Å². The zero-order chi connectivity index (χ0) is 18.0. The molecule has 3 N–H and O–H groups in total. The van der Waals surface area contributed by atoms with Gasteiger partial charge in [0.05, 0.1) is 6.04 Å². The number of nitrogens with two attached hydrogens (primary N) is 1. The third kappa shape index (κ3) is 4.76. The lowest BCUT2D eigenvalue weighted by molar-refractivity contribution is -0.132. The van der Waals surface area contributed by atoms with E-state index in [0.717, 1.165) is 0 Å². The number of carbonyl (C=O) groups is 1. The largest absolute Gasteiger partial charge is 0.360 e. The second-order valence-corrected chi connectivity index (χ2v) is 8.21. The second kappa shape index (κ2) is 6.98. The van der Waals surface area contributed by atoms with E-state index in [2.05, 4.69) is 9.88 Å². The summed E-state index contributed by atoms with van der Waals surface area (Å²) < 4.78 is 32.1. The highest BCUT2D eigenvalue weighted by Crippen LogP contribution is 2.19. The molecule has 1 aromatic rings. The molecule has 23 heavy (non-hydrogen) atoms. The van der Waals surface area contributed by atoms with Crippen molar-refractivity contribution in [2.45, 2.75) is 45.6 Å². The highest BCUT2D eigenvalue weighted by molar-refractivity contribution is 7.89. The van der Waals surface area contributed by atoms with Crippen LogP contribution < -0.4 is 10.5 Å². The van der Waals surface area contributed by atoms with Gasteiger partial charge in [-0.15, -0.1) is 0 Å². The first-order valence-corrected chi connectivity index (χ1v) is 8.80. The molecule has 8 nitrogen and oxygen atoms in total. The summed E-state index contributed by atoms with van der Waals surface area (Å²) >= 11 is 0. The molecular formula is C14H26N4O4S. The summed E-state index contributed by atoms with van der Waals surface area (Å²) in [6, 6.07) is -0.910. The van der Waals surface area contributed by atoms with Crippen LogP contribution in [-0.2, 0) is 14.8 Å². The molecule has 0 saturated carbocycles. The van der Waals surface area contributed by atoms with E-state index in [1.165, 1.54) is 25.7 Å². The maximum Gasteiger partial charge on any atom is 0.246 e. The van der Waals surface area contributed by atoms with E-state index in [0.29, 0.717) is 13.1 Å². The number of nitrogens with one attached hydrogen (secondary N) is 1. The van der Waals surface area contributed by atoms with E-state index in [-0.39, 0.29) is 27.7 Å². The summed E-state index contributed by atoms with van der Waals surface area (Å²) in [6.45, 7) is 9.28. The van der Waals surface area contributed by atoms with Crippen molar-refractivity contribution in [1.29, 1.82) is 0 Å². The minimum atomic E-state index is -3.88. The highest BCUT2D eigenvalue weighted by Gasteiger charge is 2.30. The Balaban J connectivity index is 2.86. The normalized spacial score (nSPS) is 13.9. The van der Waals surface area contributed by atoms with Crippen LogP contribution in [0.3, 0.4) is 0 Å². The highest BCUT2D eigenvalue weighted by atomic mass is 32.2. The fourth-order valence-corrected chi connectivity index (χ4v) is 3.84. The molecule has 0 aliphatic heterocycles. The van der Waals surface area contributed by atoms with E-state index in [1.807, 2.05) is 13.8 Å². The van der Waals surface area contributed by atoms with Gasteiger partial charge in [0.1, 0.15) is 10.6 Å². The molecular weight excluding hydrogens is 320 g/mol. The maximum absolute atomic E-state index is 12.4. The third-order valence-electron chi connectivity index (χ3n) is 3.53. The minimum absolute atomic E-state index is 0.0258. The van der Waals surface area contributed by atoms with Crippen LogP contribution >= 0.6 is 0 Å². The molecule has 0 aliphatic rings. The zero-order valence-electron chi connectivity index (χ0n) is 14.5. The van der Waals surface area contributed by atoms with Crippen molar-refractivity contribution in [3.05, 3.63) is 11.5 Å². The van der Waals surface area contributed by atoms with Crippen molar-refractivity contribution >= 4 is 15.9 Å². The number of likely N-dealkylation sites (N-methyl/N-ethyl adjacent to an activating group) is 1. The van der Waals surface area contributed by atoms with Crippen molar-refractivity contribution < 1.29 is 17.7 Å². The molecule has 1 amide bonds. The lowest BCUT2D eigenvalue weighted by atomic mass is 9.93. The molecule has 9 heteroatoms. The second-order valence-electron chi connectivity index (χ2n) is 6.56. The summed E-state index contributed by atoms with van der Waals surface area (Å²) in [5.41, 5.74) is 5.67. The Bertz CT molecular complexity index is 647. The van der Waals surface area contributed by atoms with Gasteiger partial charge in [0.2, 0.25) is 15.9 Å². The standard InChI is InChI=1S/C14H26N4O4S/c1-9-12(11(3)22-16-9)23(20,21)17-10(2)13(19)18(6)8-14(4,5)7-15/h10,17H,7-8,15H2,1-6H3. The molecule has 0 spiro atoms. The van der Waals surface area contributed by atoms with Crippen LogP contribution in [0.4, 0.5) is 0 Å². The Kier molecular flexibility index (Phi) is 5.95. The summed E-state index contributed by atoms with van der Waals surface area (Å²) in [5.74, 6) is -0.144. The lowest BCUT2D eigenvalue weighted by Crippen LogP contribution is -2.48.